The summed E-state index contributed by atoms with van der Waals surface area (Å²) in [6, 6.07) is 12.7. The summed E-state index contributed by atoms with van der Waals surface area (Å²) in [4.78, 5) is 26.6. The number of carbonyl (C=O) groups is 2. The predicted molar refractivity (Wildman–Crippen MR) is 87.8 cm³/mol. The Morgan fingerprint density at radius 3 is 2.64 bits per heavy atom. The molecule has 0 unspecified atom stereocenters. The van der Waals surface area contributed by atoms with Crippen LogP contribution in [0.2, 0.25) is 0 Å². The number of nitrogens with one attached hydrogen (secondary N) is 1. The lowest BCUT2D eigenvalue weighted by Gasteiger charge is -2.03. The Morgan fingerprint density at radius 2 is 1.88 bits per heavy atom. The summed E-state index contributed by atoms with van der Waals surface area (Å²) >= 11 is 0. The number of amides is 1. The molecule has 0 bridgehead atoms. The molecule has 0 aliphatic heterocycles. The van der Waals surface area contributed by atoms with Gasteiger partial charge in [0, 0.05) is 23.5 Å². The van der Waals surface area contributed by atoms with Gasteiger partial charge in [0.25, 0.3) is 5.91 Å². The number of furan rings is 1. The lowest BCUT2D eigenvalue weighted by atomic mass is 10.1. The maximum absolute atomic E-state index is 11.8. The maximum Gasteiger partial charge on any atom is 0.271 e. The first-order valence-corrected chi connectivity index (χ1v) is 7.28. The van der Waals surface area contributed by atoms with Crippen LogP contribution in [0.4, 0.5) is 0 Å². The summed E-state index contributed by atoms with van der Waals surface area (Å²) in [5, 5.41) is 14.7. The number of hydrogen-bond acceptors (Lipinski definition) is 6. The Kier molecular flexibility index (Phi) is 4.66. The third-order valence-electron chi connectivity index (χ3n) is 3.31. The number of aromatic nitrogens is 1. The number of carbonyl (C=O) groups excluding carboxylic acids is 2. The quantitative estimate of drug-likeness (QED) is 0.561. The minimum atomic E-state index is -1.26. The molecule has 3 aromatic rings. The number of rotatable bonds is 5. The van der Waals surface area contributed by atoms with Crippen molar-refractivity contribution in [3.63, 3.8) is 0 Å². The number of benzene rings is 1. The number of aromatic carboxylic acids is 1. The molecule has 1 aromatic carbocycles. The van der Waals surface area contributed by atoms with Crippen LogP contribution in [0.3, 0.4) is 0 Å². The first-order chi connectivity index (χ1) is 12.1. The van der Waals surface area contributed by atoms with E-state index >= 15 is 0 Å². The molecule has 0 saturated heterocycles. The van der Waals surface area contributed by atoms with E-state index in [2.05, 4.69) is 15.5 Å². The second-order valence-corrected chi connectivity index (χ2v) is 5.01. The first kappa shape index (κ1) is 16.1. The van der Waals surface area contributed by atoms with Gasteiger partial charge >= 0.3 is 0 Å². The molecule has 0 aliphatic carbocycles. The summed E-state index contributed by atoms with van der Waals surface area (Å²) < 4.78 is 5.57. The topological polar surface area (TPSA) is 108 Å². The number of carboxylic acid groups (broad SMARTS) is 1. The van der Waals surface area contributed by atoms with Crippen LogP contribution >= 0.6 is 0 Å². The highest BCUT2D eigenvalue weighted by molar-refractivity contribution is 5.94. The maximum atomic E-state index is 11.8. The van der Waals surface area contributed by atoms with Gasteiger partial charge in [0.05, 0.1) is 12.2 Å². The third kappa shape index (κ3) is 3.97. The summed E-state index contributed by atoms with van der Waals surface area (Å²) in [7, 11) is 0. The summed E-state index contributed by atoms with van der Waals surface area (Å²) in [6.07, 6.45) is 4.38. The average molecular weight is 334 g/mol. The molecule has 3 rings (SSSR count). The SMILES string of the molecule is O=C([O-])c1cccc(-c2ccc(/C=N\NC(=O)c3ccncc3)o2)c1. The zero-order valence-corrected chi connectivity index (χ0v) is 12.9. The zero-order chi connectivity index (χ0) is 17.6. The fourth-order valence-corrected chi connectivity index (χ4v) is 2.10. The number of carboxylic acids is 1. The zero-order valence-electron chi connectivity index (χ0n) is 12.9. The normalized spacial score (nSPS) is 10.7. The number of nitrogens with zero attached hydrogens (tertiary/aromatic N) is 2. The van der Waals surface area contributed by atoms with E-state index in [1.54, 1.807) is 36.4 Å². The van der Waals surface area contributed by atoms with Gasteiger partial charge in [-0.2, -0.15) is 5.10 Å². The first-order valence-electron chi connectivity index (χ1n) is 7.28. The number of pyridine rings is 1. The van der Waals surface area contributed by atoms with E-state index in [9.17, 15) is 14.7 Å². The molecule has 25 heavy (non-hydrogen) atoms. The highest BCUT2D eigenvalue weighted by Crippen LogP contribution is 2.22. The molecule has 0 radical (unpaired) electrons. The van der Waals surface area contributed by atoms with Gasteiger partial charge < -0.3 is 14.3 Å². The van der Waals surface area contributed by atoms with Crippen molar-refractivity contribution in [1.82, 2.24) is 10.4 Å². The Balaban J connectivity index is 1.68. The Bertz CT molecular complexity index is 932. The minimum Gasteiger partial charge on any atom is -0.545 e. The van der Waals surface area contributed by atoms with Crippen LogP contribution < -0.4 is 10.5 Å². The second-order valence-electron chi connectivity index (χ2n) is 5.01. The van der Waals surface area contributed by atoms with Crippen LogP contribution in [-0.4, -0.2) is 23.1 Å². The molecule has 7 nitrogen and oxygen atoms in total. The van der Waals surface area contributed by atoms with Crippen LogP contribution in [0.25, 0.3) is 11.3 Å². The van der Waals surface area contributed by atoms with Gasteiger partial charge in [-0.15, -0.1) is 0 Å². The lowest BCUT2D eigenvalue weighted by Crippen LogP contribution is -2.22. The van der Waals surface area contributed by atoms with E-state index in [-0.39, 0.29) is 11.5 Å². The Morgan fingerprint density at radius 1 is 1.08 bits per heavy atom. The van der Waals surface area contributed by atoms with Crippen molar-refractivity contribution in [3.8, 4) is 11.3 Å². The molecule has 0 fully saturated rings. The molecule has 2 aromatic heterocycles. The molecule has 0 spiro atoms. The predicted octanol–water partition coefficient (Wildman–Crippen LogP) is 1.47. The molecule has 2 heterocycles. The molecule has 0 atom stereocenters. The summed E-state index contributed by atoms with van der Waals surface area (Å²) in [5.41, 5.74) is 3.48. The van der Waals surface area contributed by atoms with Gasteiger partial charge in [0.1, 0.15) is 11.5 Å². The third-order valence-corrected chi connectivity index (χ3v) is 3.31. The largest absolute Gasteiger partial charge is 0.545 e. The van der Waals surface area contributed by atoms with Crippen molar-refractivity contribution in [3.05, 3.63) is 77.8 Å². The second kappa shape index (κ2) is 7.22. The smallest absolute Gasteiger partial charge is 0.271 e. The van der Waals surface area contributed by atoms with Gasteiger partial charge in [-0.1, -0.05) is 18.2 Å². The van der Waals surface area contributed by atoms with Crippen molar-refractivity contribution < 1.29 is 19.1 Å². The van der Waals surface area contributed by atoms with Gasteiger partial charge in [-0.05, 0) is 35.9 Å². The summed E-state index contributed by atoms with van der Waals surface area (Å²) in [6.45, 7) is 0. The van der Waals surface area contributed by atoms with Gasteiger partial charge in [0.2, 0.25) is 0 Å². The van der Waals surface area contributed by atoms with Gasteiger partial charge in [-0.25, -0.2) is 5.43 Å². The number of hydrazone groups is 1. The molecular formula is C18H12N3O4-. The van der Waals surface area contributed by atoms with E-state index in [1.807, 2.05) is 0 Å². The lowest BCUT2D eigenvalue weighted by molar-refractivity contribution is -0.255. The molecule has 1 N–H and O–H groups in total. The van der Waals surface area contributed by atoms with Gasteiger partial charge in [-0.3, -0.25) is 9.78 Å². The monoisotopic (exact) mass is 334 g/mol. The molecule has 7 heteroatoms. The van der Waals surface area contributed by atoms with Crippen molar-refractivity contribution in [1.29, 1.82) is 0 Å². The highest BCUT2D eigenvalue weighted by Gasteiger charge is 2.06. The van der Waals surface area contributed by atoms with Crippen LogP contribution in [0.5, 0.6) is 0 Å². The van der Waals surface area contributed by atoms with E-state index < -0.39 is 5.97 Å². The number of hydrogen-bond donors (Lipinski definition) is 1. The molecule has 0 saturated carbocycles. The van der Waals surface area contributed by atoms with E-state index in [1.165, 1.54) is 30.7 Å². The van der Waals surface area contributed by atoms with Gasteiger partial charge in [0.15, 0.2) is 0 Å². The van der Waals surface area contributed by atoms with Crippen molar-refractivity contribution >= 4 is 18.1 Å². The highest BCUT2D eigenvalue weighted by atomic mass is 16.4. The minimum absolute atomic E-state index is 0.0636. The van der Waals surface area contributed by atoms with Crippen LogP contribution in [0.15, 0.2) is 70.4 Å². The van der Waals surface area contributed by atoms with Crippen LogP contribution in [0.1, 0.15) is 26.5 Å². The molecule has 124 valence electrons. The standard InChI is InChI=1S/C18H13N3O4/c22-17(12-6-8-19-9-7-12)21-20-11-15-4-5-16(25-15)13-2-1-3-14(10-13)18(23)24/h1-11H,(H,21,22)(H,23,24)/p-1/b20-11-. The van der Waals surface area contributed by atoms with Crippen LogP contribution in [0, 0.1) is 0 Å². The van der Waals surface area contributed by atoms with E-state index in [4.69, 9.17) is 4.42 Å². The van der Waals surface area contributed by atoms with Crippen molar-refractivity contribution in [2.45, 2.75) is 0 Å². The van der Waals surface area contributed by atoms with Crippen molar-refractivity contribution in [2.75, 3.05) is 0 Å². The fraction of sp³-hybridized carbons (Fsp3) is 0. The molecule has 1 amide bonds. The fourth-order valence-electron chi connectivity index (χ4n) is 2.10. The Hall–Kier alpha value is -3.74. The van der Waals surface area contributed by atoms with E-state index in [0.29, 0.717) is 22.6 Å². The average Bonchev–Trinajstić information content (AvgIpc) is 3.11. The van der Waals surface area contributed by atoms with E-state index in [0.717, 1.165) is 0 Å². The van der Waals surface area contributed by atoms with Crippen molar-refractivity contribution in [2.24, 2.45) is 5.10 Å². The Labute approximate surface area is 142 Å². The molecular weight excluding hydrogens is 322 g/mol. The van der Waals surface area contributed by atoms with Crippen LogP contribution in [-0.2, 0) is 0 Å². The summed E-state index contributed by atoms with van der Waals surface area (Å²) in [5.74, 6) is -0.741. The molecule has 0 aliphatic rings.